The molecule has 2 aromatic heterocycles. The van der Waals surface area contributed by atoms with Crippen LogP contribution in [0.5, 0.6) is 0 Å². The Labute approximate surface area is 132 Å². The predicted molar refractivity (Wildman–Crippen MR) is 84.2 cm³/mol. The summed E-state index contributed by atoms with van der Waals surface area (Å²) < 4.78 is 23.5. The first-order valence-corrected chi connectivity index (χ1v) is 8.90. The van der Waals surface area contributed by atoms with Crippen LogP contribution in [0.25, 0.3) is 11.2 Å². The van der Waals surface area contributed by atoms with Crippen molar-refractivity contribution in [2.24, 2.45) is 0 Å². The molecule has 4 N–H and O–H groups in total. The van der Waals surface area contributed by atoms with Crippen LogP contribution in [0.1, 0.15) is 26.5 Å². The molecule has 0 bridgehead atoms. The summed E-state index contributed by atoms with van der Waals surface area (Å²) in [6.07, 6.45) is 1.36. The summed E-state index contributed by atoms with van der Waals surface area (Å²) in [6, 6.07) is 0. The van der Waals surface area contributed by atoms with Crippen molar-refractivity contribution >= 4 is 24.7 Å². The number of nitrogens with two attached hydrogens (primary N) is 1. The molecule has 11 heteroatoms. The van der Waals surface area contributed by atoms with Crippen LogP contribution in [0, 0.1) is 0 Å². The SMILES string of the molecule is CCOP(=O)(O)CCCOC(C)n1cnc2c(=O)[nH]c(N)nc21. The van der Waals surface area contributed by atoms with Crippen molar-refractivity contribution in [3.63, 3.8) is 0 Å². The number of fused-ring (bicyclic) bond motifs is 1. The second-order valence-corrected chi connectivity index (χ2v) is 6.86. The fourth-order valence-electron chi connectivity index (χ4n) is 2.07. The van der Waals surface area contributed by atoms with E-state index >= 15 is 0 Å². The normalized spacial score (nSPS) is 15.6. The highest BCUT2D eigenvalue weighted by molar-refractivity contribution is 7.52. The summed E-state index contributed by atoms with van der Waals surface area (Å²) in [5.41, 5.74) is 5.60. The molecule has 0 aromatic carbocycles. The van der Waals surface area contributed by atoms with Gasteiger partial charge in [-0.05, 0) is 20.3 Å². The molecule has 128 valence electrons. The van der Waals surface area contributed by atoms with E-state index in [-0.39, 0.29) is 30.8 Å². The predicted octanol–water partition coefficient (Wildman–Crippen LogP) is 0.849. The van der Waals surface area contributed by atoms with Gasteiger partial charge in [0.05, 0.1) is 19.1 Å². The minimum absolute atomic E-state index is 0.00520. The molecular weight excluding hydrogens is 325 g/mol. The molecule has 0 amide bonds. The molecule has 2 aromatic rings. The maximum atomic E-state index is 11.7. The molecule has 10 nitrogen and oxygen atoms in total. The molecule has 0 aliphatic heterocycles. The van der Waals surface area contributed by atoms with Gasteiger partial charge in [-0.3, -0.25) is 18.9 Å². The number of aromatic nitrogens is 4. The topological polar surface area (TPSA) is 145 Å². The monoisotopic (exact) mass is 345 g/mol. The lowest BCUT2D eigenvalue weighted by Gasteiger charge is -2.16. The number of hydrogen-bond acceptors (Lipinski definition) is 7. The standard InChI is InChI=1S/C12H20N5O5P/c1-3-22-23(19,20)6-4-5-21-8(2)17-7-14-9-10(17)15-12(13)16-11(9)18/h7-8H,3-6H2,1-2H3,(H,19,20)(H3,13,15,16,18). The first-order chi connectivity index (χ1) is 10.8. The molecule has 2 unspecified atom stereocenters. The molecule has 0 saturated heterocycles. The number of anilines is 1. The van der Waals surface area contributed by atoms with Crippen LogP contribution in [-0.2, 0) is 13.8 Å². The Morgan fingerprint density at radius 3 is 3.00 bits per heavy atom. The Hall–Kier alpha value is -1.74. The van der Waals surface area contributed by atoms with Crippen molar-refractivity contribution in [3.05, 3.63) is 16.7 Å². The van der Waals surface area contributed by atoms with Gasteiger partial charge in [0, 0.05) is 6.61 Å². The molecule has 0 radical (unpaired) electrons. The summed E-state index contributed by atoms with van der Waals surface area (Å²) in [4.78, 5) is 31.6. The van der Waals surface area contributed by atoms with Crippen molar-refractivity contribution in [1.82, 2.24) is 19.5 Å². The molecule has 2 rings (SSSR count). The quantitative estimate of drug-likeness (QED) is 0.471. The molecule has 2 atom stereocenters. The van der Waals surface area contributed by atoms with Crippen LogP contribution >= 0.6 is 7.60 Å². The lowest BCUT2D eigenvalue weighted by molar-refractivity contribution is 0.0188. The lowest BCUT2D eigenvalue weighted by Crippen LogP contribution is -2.15. The van der Waals surface area contributed by atoms with Crippen molar-refractivity contribution in [1.29, 1.82) is 0 Å². The molecular formula is C12H20N5O5P. The highest BCUT2D eigenvalue weighted by Gasteiger charge is 2.18. The third-order valence-electron chi connectivity index (χ3n) is 3.12. The largest absolute Gasteiger partial charge is 0.369 e. The fourth-order valence-corrected chi connectivity index (χ4v) is 3.14. The van der Waals surface area contributed by atoms with E-state index in [4.69, 9.17) is 15.0 Å². The Morgan fingerprint density at radius 1 is 1.57 bits per heavy atom. The molecule has 0 fully saturated rings. The molecule has 0 aliphatic rings. The average Bonchev–Trinajstić information content (AvgIpc) is 2.87. The summed E-state index contributed by atoms with van der Waals surface area (Å²) in [5, 5.41) is 0. The smallest absolute Gasteiger partial charge is 0.328 e. The Morgan fingerprint density at radius 2 is 2.30 bits per heavy atom. The molecule has 0 saturated carbocycles. The van der Waals surface area contributed by atoms with Gasteiger partial charge in [0.1, 0.15) is 6.23 Å². The van der Waals surface area contributed by atoms with Gasteiger partial charge in [-0.15, -0.1) is 0 Å². The maximum absolute atomic E-state index is 11.7. The van der Waals surface area contributed by atoms with E-state index in [1.54, 1.807) is 18.4 Å². The van der Waals surface area contributed by atoms with Gasteiger partial charge in [0.15, 0.2) is 11.2 Å². The zero-order valence-electron chi connectivity index (χ0n) is 12.9. The minimum atomic E-state index is -3.54. The summed E-state index contributed by atoms with van der Waals surface area (Å²) in [5.74, 6) is -0.00520. The van der Waals surface area contributed by atoms with Gasteiger partial charge in [-0.1, -0.05) is 0 Å². The lowest BCUT2D eigenvalue weighted by atomic mass is 10.5. The van der Waals surface area contributed by atoms with Gasteiger partial charge in [-0.2, -0.15) is 4.98 Å². The van der Waals surface area contributed by atoms with Gasteiger partial charge >= 0.3 is 7.60 Å². The van der Waals surface area contributed by atoms with E-state index in [9.17, 15) is 14.3 Å². The molecule has 2 heterocycles. The van der Waals surface area contributed by atoms with Crippen molar-refractivity contribution in [2.75, 3.05) is 25.1 Å². The average molecular weight is 345 g/mol. The zero-order valence-corrected chi connectivity index (χ0v) is 13.8. The number of nitrogens with one attached hydrogen (secondary N) is 1. The third kappa shape index (κ3) is 4.38. The third-order valence-corrected chi connectivity index (χ3v) is 4.66. The van der Waals surface area contributed by atoms with Crippen LogP contribution < -0.4 is 11.3 Å². The van der Waals surface area contributed by atoms with Crippen LogP contribution in [0.15, 0.2) is 11.1 Å². The Bertz CT molecular complexity index is 773. The van der Waals surface area contributed by atoms with Crippen molar-refractivity contribution in [3.8, 4) is 0 Å². The van der Waals surface area contributed by atoms with E-state index < -0.39 is 19.4 Å². The van der Waals surface area contributed by atoms with Crippen LogP contribution in [0.3, 0.4) is 0 Å². The van der Waals surface area contributed by atoms with Gasteiger partial charge in [0.2, 0.25) is 5.95 Å². The van der Waals surface area contributed by atoms with Gasteiger partial charge < -0.3 is 19.9 Å². The van der Waals surface area contributed by atoms with E-state index in [0.717, 1.165) is 0 Å². The minimum Gasteiger partial charge on any atom is -0.369 e. The van der Waals surface area contributed by atoms with E-state index in [2.05, 4.69) is 15.0 Å². The van der Waals surface area contributed by atoms with Crippen LogP contribution in [-0.4, -0.2) is 43.8 Å². The molecule has 0 aliphatic carbocycles. The second-order valence-electron chi connectivity index (χ2n) is 4.88. The van der Waals surface area contributed by atoms with Crippen molar-refractivity contribution < 1.29 is 18.7 Å². The Kier molecular flexibility index (Phi) is 5.53. The van der Waals surface area contributed by atoms with E-state index in [0.29, 0.717) is 12.1 Å². The van der Waals surface area contributed by atoms with Gasteiger partial charge in [-0.25, -0.2) is 4.98 Å². The second kappa shape index (κ2) is 7.22. The number of rotatable bonds is 8. The zero-order chi connectivity index (χ0) is 17.0. The van der Waals surface area contributed by atoms with Crippen molar-refractivity contribution in [2.45, 2.75) is 26.5 Å². The van der Waals surface area contributed by atoms with E-state index in [1.807, 2.05) is 0 Å². The number of ether oxygens (including phenoxy) is 1. The number of imidazole rings is 1. The summed E-state index contributed by atoms with van der Waals surface area (Å²) >= 11 is 0. The first-order valence-electron chi connectivity index (χ1n) is 7.14. The number of H-pyrrole nitrogens is 1. The van der Waals surface area contributed by atoms with Gasteiger partial charge in [0.25, 0.3) is 5.56 Å². The summed E-state index contributed by atoms with van der Waals surface area (Å²) in [6.45, 7) is 3.85. The number of aromatic amines is 1. The maximum Gasteiger partial charge on any atom is 0.328 e. The van der Waals surface area contributed by atoms with Crippen LogP contribution in [0.2, 0.25) is 0 Å². The number of nitrogen functional groups attached to an aromatic ring is 1. The molecule has 23 heavy (non-hydrogen) atoms. The number of nitrogens with zero attached hydrogens (tertiary/aromatic N) is 3. The van der Waals surface area contributed by atoms with Crippen LogP contribution in [0.4, 0.5) is 5.95 Å². The number of hydrogen-bond donors (Lipinski definition) is 3. The fraction of sp³-hybridized carbons (Fsp3) is 0.583. The Balaban J connectivity index is 1.98. The summed E-state index contributed by atoms with van der Waals surface area (Å²) in [7, 11) is -3.54. The highest BCUT2D eigenvalue weighted by Crippen LogP contribution is 2.42. The van der Waals surface area contributed by atoms with E-state index in [1.165, 1.54) is 6.33 Å². The molecule has 0 spiro atoms. The first kappa shape index (κ1) is 17.6. The highest BCUT2D eigenvalue weighted by atomic mass is 31.2.